The van der Waals surface area contributed by atoms with Gasteiger partial charge in [-0.05, 0) is 67.1 Å². The molecule has 1 aromatic heterocycles. The molecule has 0 radical (unpaired) electrons. The van der Waals surface area contributed by atoms with Crippen molar-refractivity contribution in [2.75, 3.05) is 6.61 Å². The van der Waals surface area contributed by atoms with Crippen molar-refractivity contribution in [3.05, 3.63) is 87.9 Å². The molecule has 0 saturated heterocycles. The Bertz CT molecular complexity index is 1190. The molecule has 0 aliphatic heterocycles. The van der Waals surface area contributed by atoms with E-state index in [0.29, 0.717) is 22.2 Å². The molecule has 4 aromatic rings. The number of rotatable bonds is 6. The fraction of sp³-hybridized carbons (Fsp3) is 0.130. The molecule has 0 atom stereocenters. The van der Waals surface area contributed by atoms with Crippen molar-refractivity contribution in [1.82, 2.24) is 9.55 Å². The number of aromatic nitrogens is 2. The summed E-state index contributed by atoms with van der Waals surface area (Å²) in [5.74, 6) is 0.412. The lowest BCUT2D eigenvalue weighted by Gasteiger charge is -2.10. The molecule has 0 bridgehead atoms. The van der Waals surface area contributed by atoms with Crippen LogP contribution in [0.2, 0.25) is 10.0 Å². The van der Waals surface area contributed by atoms with Crippen LogP contribution in [-0.2, 0) is 10.5 Å². The van der Waals surface area contributed by atoms with Crippen LogP contribution in [-0.4, -0.2) is 22.1 Å². The molecule has 3 aromatic carbocycles. The zero-order valence-electron chi connectivity index (χ0n) is 16.1. The fourth-order valence-corrected chi connectivity index (χ4v) is 4.34. The van der Waals surface area contributed by atoms with Gasteiger partial charge >= 0.3 is 5.97 Å². The summed E-state index contributed by atoms with van der Waals surface area (Å²) in [5.41, 5.74) is 4.32. The highest BCUT2D eigenvalue weighted by Gasteiger charge is 2.15. The number of esters is 1. The first-order valence-corrected chi connectivity index (χ1v) is 11.1. The Kier molecular flexibility index (Phi) is 6.32. The number of carbonyl (C=O) groups is 1. The first-order chi connectivity index (χ1) is 14.5. The van der Waals surface area contributed by atoms with Crippen molar-refractivity contribution in [3.8, 4) is 5.69 Å². The number of imidazole rings is 1. The van der Waals surface area contributed by atoms with Crippen molar-refractivity contribution in [2.45, 2.75) is 17.8 Å². The van der Waals surface area contributed by atoms with Crippen LogP contribution in [0.15, 0.2) is 71.9 Å². The lowest BCUT2D eigenvalue weighted by molar-refractivity contribution is 0.0526. The van der Waals surface area contributed by atoms with Crippen LogP contribution < -0.4 is 0 Å². The molecule has 0 amide bonds. The summed E-state index contributed by atoms with van der Waals surface area (Å²) >= 11 is 13.9. The Labute approximate surface area is 188 Å². The van der Waals surface area contributed by atoms with E-state index in [4.69, 9.17) is 32.9 Å². The predicted octanol–water partition coefficient (Wildman–Crippen LogP) is 6.80. The SMILES string of the molecule is CCOC(=O)c1ccc(-n2c(SCc3ccc(Cl)cc3)nc3ccc(Cl)cc32)cc1. The van der Waals surface area contributed by atoms with Crippen molar-refractivity contribution >= 4 is 52.0 Å². The summed E-state index contributed by atoms with van der Waals surface area (Å²) in [6.07, 6.45) is 0. The minimum Gasteiger partial charge on any atom is -0.462 e. The van der Waals surface area contributed by atoms with Crippen molar-refractivity contribution < 1.29 is 9.53 Å². The molecular formula is C23H18Cl2N2O2S. The summed E-state index contributed by atoms with van der Waals surface area (Å²) < 4.78 is 7.13. The maximum Gasteiger partial charge on any atom is 0.338 e. The summed E-state index contributed by atoms with van der Waals surface area (Å²) in [4.78, 5) is 16.8. The van der Waals surface area contributed by atoms with Gasteiger partial charge < -0.3 is 4.74 Å². The maximum absolute atomic E-state index is 12.0. The molecule has 4 nitrogen and oxygen atoms in total. The second kappa shape index (κ2) is 9.13. The zero-order chi connectivity index (χ0) is 21.1. The van der Waals surface area contributed by atoms with E-state index in [-0.39, 0.29) is 5.97 Å². The number of hydrogen-bond donors (Lipinski definition) is 0. The summed E-state index contributed by atoms with van der Waals surface area (Å²) in [7, 11) is 0. The van der Waals surface area contributed by atoms with Gasteiger partial charge in [-0.25, -0.2) is 9.78 Å². The second-order valence-electron chi connectivity index (χ2n) is 6.55. The van der Waals surface area contributed by atoms with Gasteiger partial charge in [-0.1, -0.05) is 47.1 Å². The van der Waals surface area contributed by atoms with Gasteiger partial charge in [0, 0.05) is 21.5 Å². The number of benzene rings is 3. The smallest absolute Gasteiger partial charge is 0.338 e. The predicted molar refractivity (Wildman–Crippen MR) is 123 cm³/mol. The van der Waals surface area contributed by atoms with Crippen LogP contribution in [0, 0.1) is 0 Å². The molecule has 0 N–H and O–H groups in total. The quantitative estimate of drug-likeness (QED) is 0.236. The number of ether oxygens (including phenoxy) is 1. The molecule has 0 saturated carbocycles. The number of carbonyl (C=O) groups excluding carboxylic acids is 1. The van der Waals surface area contributed by atoms with Crippen molar-refractivity contribution in [2.24, 2.45) is 0 Å². The Hall–Kier alpha value is -2.47. The van der Waals surface area contributed by atoms with E-state index in [0.717, 1.165) is 33.2 Å². The van der Waals surface area contributed by atoms with Gasteiger partial charge in [-0.3, -0.25) is 4.57 Å². The molecule has 0 aliphatic carbocycles. The molecule has 0 fully saturated rings. The molecule has 4 rings (SSSR count). The molecule has 0 unspecified atom stereocenters. The fourth-order valence-electron chi connectivity index (χ4n) is 3.06. The van der Waals surface area contributed by atoms with Crippen LogP contribution in [0.3, 0.4) is 0 Å². The van der Waals surface area contributed by atoms with Gasteiger partial charge in [0.2, 0.25) is 0 Å². The van der Waals surface area contributed by atoms with Gasteiger partial charge in [-0.2, -0.15) is 0 Å². The van der Waals surface area contributed by atoms with Crippen molar-refractivity contribution in [1.29, 1.82) is 0 Å². The molecule has 0 aliphatic rings. The third-order valence-corrected chi connectivity index (χ3v) is 6.00. The van der Waals surface area contributed by atoms with E-state index >= 15 is 0 Å². The molecular weight excluding hydrogens is 439 g/mol. The maximum atomic E-state index is 12.0. The molecule has 1 heterocycles. The van der Waals surface area contributed by atoms with Gasteiger partial charge in [0.1, 0.15) is 0 Å². The average molecular weight is 457 g/mol. The average Bonchev–Trinajstić information content (AvgIpc) is 3.11. The number of halogens is 2. The Balaban J connectivity index is 1.71. The second-order valence-corrected chi connectivity index (χ2v) is 8.36. The monoisotopic (exact) mass is 456 g/mol. The van der Waals surface area contributed by atoms with Crippen LogP contribution in [0.25, 0.3) is 16.7 Å². The third-order valence-electron chi connectivity index (χ3n) is 4.50. The van der Waals surface area contributed by atoms with Gasteiger partial charge in [0.15, 0.2) is 5.16 Å². The zero-order valence-corrected chi connectivity index (χ0v) is 18.5. The highest BCUT2D eigenvalue weighted by Crippen LogP contribution is 2.31. The summed E-state index contributed by atoms with van der Waals surface area (Å²) in [6.45, 7) is 2.13. The normalized spacial score (nSPS) is 11.0. The highest BCUT2D eigenvalue weighted by atomic mass is 35.5. The summed E-state index contributed by atoms with van der Waals surface area (Å²) in [6, 6.07) is 20.7. The largest absolute Gasteiger partial charge is 0.462 e. The third kappa shape index (κ3) is 4.48. The number of nitrogens with zero attached hydrogens (tertiary/aromatic N) is 2. The molecule has 7 heteroatoms. The van der Waals surface area contributed by atoms with E-state index in [1.807, 2.05) is 54.6 Å². The van der Waals surface area contributed by atoms with Gasteiger partial charge in [0.25, 0.3) is 0 Å². The lowest BCUT2D eigenvalue weighted by atomic mass is 10.2. The molecule has 0 spiro atoms. The molecule has 152 valence electrons. The Morgan fingerprint density at radius 3 is 2.40 bits per heavy atom. The van der Waals surface area contributed by atoms with Crippen molar-refractivity contribution in [3.63, 3.8) is 0 Å². The lowest BCUT2D eigenvalue weighted by Crippen LogP contribution is -2.05. The van der Waals surface area contributed by atoms with Crippen LogP contribution in [0.5, 0.6) is 0 Å². The first-order valence-electron chi connectivity index (χ1n) is 9.38. The van der Waals surface area contributed by atoms with Crippen LogP contribution >= 0.6 is 35.0 Å². The van der Waals surface area contributed by atoms with Gasteiger partial charge in [0.05, 0.1) is 23.2 Å². The number of fused-ring (bicyclic) bond motifs is 1. The van der Waals surface area contributed by atoms with Gasteiger partial charge in [-0.15, -0.1) is 0 Å². The van der Waals surface area contributed by atoms with Crippen LogP contribution in [0.4, 0.5) is 0 Å². The van der Waals surface area contributed by atoms with E-state index in [9.17, 15) is 4.79 Å². The number of hydrogen-bond acceptors (Lipinski definition) is 4. The minimum absolute atomic E-state index is 0.333. The topological polar surface area (TPSA) is 44.1 Å². The summed E-state index contributed by atoms with van der Waals surface area (Å²) in [5, 5.41) is 2.19. The minimum atomic E-state index is -0.333. The first kappa shape index (κ1) is 20.8. The Morgan fingerprint density at radius 1 is 1.00 bits per heavy atom. The van der Waals surface area contributed by atoms with Crippen LogP contribution in [0.1, 0.15) is 22.8 Å². The van der Waals surface area contributed by atoms with E-state index in [1.165, 1.54) is 0 Å². The molecule has 30 heavy (non-hydrogen) atoms. The van der Waals surface area contributed by atoms with E-state index in [1.54, 1.807) is 30.8 Å². The Morgan fingerprint density at radius 2 is 1.70 bits per heavy atom. The highest BCUT2D eigenvalue weighted by molar-refractivity contribution is 7.98. The van der Waals surface area contributed by atoms with E-state index < -0.39 is 0 Å². The standard InChI is InChI=1S/C23H18Cl2N2O2S/c1-2-29-22(28)16-5-10-19(11-6-16)27-21-13-18(25)9-12-20(21)26-23(27)30-14-15-3-7-17(24)8-4-15/h3-13H,2,14H2,1H3. The van der Waals surface area contributed by atoms with E-state index in [2.05, 4.69) is 4.57 Å². The number of thioether (sulfide) groups is 1.